The molecule has 0 radical (unpaired) electrons. The van der Waals surface area contributed by atoms with Crippen molar-refractivity contribution in [2.75, 3.05) is 13.6 Å². The van der Waals surface area contributed by atoms with Crippen LogP contribution in [0.5, 0.6) is 0 Å². The van der Waals surface area contributed by atoms with E-state index in [1.165, 1.54) is 25.7 Å². The van der Waals surface area contributed by atoms with Gasteiger partial charge in [-0.2, -0.15) is 0 Å². The maximum absolute atomic E-state index is 12.2. The molecule has 1 aromatic rings. The third-order valence-electron chi connectivity index (χ3n) is 3.57. The second kappa shape index (κ2) is 6.05. The lowest BCUT2D eigenvalue weighted by molar-refractivity contribution is 0.0921. The van der Waals surface area contributed by atoms with E-state index in [9.17, 15) is 4.79 Å². The molecular weight excluding hydrogens is 269 g/mol. The zero-order valence-corrected chi connectivity index (χ0v) is 12.0. The van der Waals surface area contributed by atoms with E-state index in [2.05, 4.69) is 4.90 Å². The summed E-state index contributed by atoms with van der Waals surface area (Å²) >= 11 is 11.9. The van der Waals surface area contributed by atoms with Crippen molar-refractivity contribution in [3.05, 3.63) is 33.8 Å². The molecule has 1 saturated carbocycles. The summed E-state index contributed by atoms with van der Waals surface area (Å²) in [7, 11) is 2.01. The first-order valence-corrected chi connectivity index (χ1v) is 7.02. The van der Waals surface area contributed by atoms with Crippen molar-refractivity contribution in [2.45, 2.75) is 31.7 Å². The van der Waals surface area contributed by atoms with Gasteiger partial charge in [0.2, 0.25) is 0 Å². The van der Waals surface area contributed by atoms with Gasteiger partial charge in [-0.05, 0) is 38.1 Å². The Hall–Kier alpha value is -0.570. The quantitative estimate of drug-likeness (QED) is 0.778. The largest absolute Gasteiger partial charge is 0.296 e. The Morgan fingerprint density at radius 2 is 2.00 bits per heavy atom. The van der Waals surface area contributed by atoms with E-state index >= 15 is 0 Å². The van der Waals surface area contributed by atoms with E-state index in [-0.39, 0.29) is 5.78 Å². The molecule has 1 aliphatic carbocycles. The zero-order valence-electron chi connectivity index (χ0n) is 10.5. The van der Waals surface area contributed by atoms with Gasteiger partial charge in [-0.15, -0.1) is 0 Å². The minimum atomic E-state index is 0.0612. The van der Waals surface area contributed by atoms with Crippen LogP contribution in [0.4, 0.5) is 0 Å². The smallest absolute Gasteiger partial charge is 0.178 e. The Balaban J connectivity index is 2.02. The standard InChI is InChI=1S/C14H17Cl2NO/c1-17(11-4-2-3-5-11)9-14(18)12-7-6-10(15)8-13(12)16/h6-8,11H,2-5,9H2,1H3. The molecule has 0 saturated heterocycles. The number of likely N-dealkylation sites (N-methyl/N-ethyl adjacent to an activating group) is 1. The Bertz CT molecular complexity index is 441. The molecule has 18 heavy (non-hydrogen) atoms. The number of hydrogen-bond acceptors (Lipinski definition) is 2. The molecule has 0 heterocycles. The number of carbonyl (C=O) groups excluding carboxylic acids is 1. The van der Waals surface area contributed by atoms with Crippen LogP contribution in [0.3, 0.4) is 0 Å². The van der Waals surface area contributed by atoms with Gasteiger partial charge in [0, 0.05) is 16.6 Å². The van der Waals surface area contributed by atoms with Crippen LogP contribution < -0.4 is 0 Å². The lowest BCUT2D eigenvalue weighted by Crippen LogP contribution is -2.34. The summed E-state index contributed by atoms with van der Waals surface area (Å²) in [6.45, 7) is 0.423. The lowest BCUT2D eigenvalue weighted by atomic mass is 10.1. The summed E-state index contributed by atoms with van der Waals surface area (Å²) in [5.74, 6) is 0.0612. The fraction of sp³-hybridized carbons (Fsp3) is 0.500. The van der Waals surface area contributed by atoms with Crippen LogP contribution in [0.15, 0.2) is 18.2 Å². The summed E-state index contributed by atoms with van der Waals surface area (Å²) in [5, 5.41) is 0.994. The number of hydrogen-bond donors (Lipinski definition) is 0. The third kappa shape index (κ3) is 3.25. The molecule has 0 N–H and O–H groups in total. The summed E-state index contributed by atoms with van der Waals surface area (Å²) in [6.07, 6.45) is 4.92. The van der Waals surface area contributed by atoms with Crippen LogP contribution >= 0.6 is 23.2 Å². The van der Waals surface area contributed by atoms with Gasteiger partial charge in [0.15, 0.2) is 5.78 Å². The Morgan fingerprint density at radius 1 is 1.33 bits per heavy atom. The van der Waals surface area contributed by atoms with Gasteiger partial charge in [-0.3, -0.25) is 9.69 Å². The molecule has 2 rings (SSSR count). The van der Waals surface area contributed by atoms with E-state index in [1.54, 1.807) is 18.2 Å². The topological polar surface area (TPSA) is 20.3 Å². The molecule has 1 aliphatic rings. The summed E-state index contributed by atoms with van der Waals surface area (Å²) < 4.78 is 0. The van der Waals surface area contributed by atoms with Crippen molar-refractivity contribution in [3.63, 3.8) is 0 Å². The van der Waals surface area contributed by atoms with Gasteiger partial charge in [0.1, 0.15) is 0 Å². The molecule has 0 aliphatic heterocycles. The number of ketones is 1. The molecule has 1 aromatic carbocycles. The van der Waals surface area contributed by atoms with Gasteiger partial charge in [-0.25, -0.2) is 0 Å². The SMILES string of the molecule is CN(CC(=O)c1ccc(Cl)cc1Cl)C1CCCC1. The van der Waals surface area contributed by atoms with Crippen LogP contribution in [0.25, 0.3) is 0 Å². The number of rotatable bonds is 4. The van der Waals surface area contributed by atoms with Gasteiger partial charge in [-0.1, -0.05) is 36.0 Å². The molecule has 2 nitrogen and oxygen atoms in total. The summed E-state index contributed by atoms with van der Waals surface area (Å²) in [5.41, 5.74) is 0.561. The first-order valence-electron chi connectivity index (χ1n) is 6.26. The Labute approximate surface area is 118 Å². The predicted octanol–water partition coefficient (Wildman–Crippen LogP) is 4.05. The van der Waals surface area contributed by atoms with Crippen molar-refractivity contribution in [1.82, 2.24) is 4.90 Å². The number of benzene rings is 1. The molecule has 0 atom stereocenters. The van der Waals surface area contributed by atoms with Crippen LogP contribution in [0.1, 0.15) is 36.0 Å². The van der Waals surface area contributed by atoms with Crippen molar-refractivity contribution < 1.29 is 4.79 Å². The predicted molar refractivity (Wildman–Crippen MR) is 75.7 cm³/mol. The van der Waals surface area contributed by atoms with E-state index in [4.69, 9.17) is 23.2 Å². The minimum absolute atomic E-state index is 0.0612. The number of nitrogens with zero attached hydrogens (tertiary/aromatic N) is 1. The van der Waals surface area contributed by atoms with Crippen LogP contribution in [-0.4, -0.2) is 30.3 Å². The average Bonchev–Trinajstić information content (AvgIpc) is 2.81. The van der Waals surface area contributed by atoms with E-state index in [0.717, 1.165) is 0 Å². The maximum Gasteiger partial charge on any atom is 0.178 e. The van der Waals surface area contributed by atoms with Crippen molar-refractivity contribution in [3.8, 4) is 0 Å². The highest BCUT2D eigenvalue weighted by Gasteiger charge is 2.22. The van der Waals surface area contributed by atoms with Crippen molar-refractivity contribution >= 4 is 29.0 Å². The van der Waals surface area contributed by atoms with E-state index < -0.39 is 0 Å². The van der Waals surface area contributed by atoms with Gasteiger partial charge >= 0.3 is 0 Å². The molecule has 4 heteroatoms. The molecule has 98 valence electrons. The van der Waals surface area contributed by atoms with Crippen molar-refractivity contribution in [1.29, 1.82) is 0 Å². The Morgan fingerprint density at radius 3 is 2.61 bits per heavy atom. The number of Topliss-reactive ketones (excluding diaryl/α,β-unsaturated/α-hetero) is 1. The summed E-state index contributed by atoms with van der Waals surface area (Å²) in [4.78, 5) is 14.3. The maximum atomic E-state index is 12.2. The molecule has 0 aromatic heterocycles. The first-order chi connectivity index (χ1) is 8.58. The molecule has 0 spiro atoms. The van der Waals surface area contributed by atoms with Crippen LogP contribution in [0.2, 0.25) is 10.0 Å². The third-order valence-corrected chi connectivity index (χ3v) is 4.12. The minimum Gasteiger partial charge on any atom is -0.296 e. The highest BCUT2D eigenvalue weighted by molar-refractivity contribution is 6.36. The second-order valence-electron chi connectivity index (χ2n) is 4.90. The molecular formula is C14H17Cl2NO. The summed E-state index contributed by atoms with van der Waals surface area (Å²) in [6, 6.07) is 5.57. The van der Waals surface area contributed by atoms with Crippen LogP contribution in [-0.2, 0) is 0 Å². The highest BCUT2D eigenvalue weighted by atomic mass is 35.5. The normalized spacial score (nSPS) is 16.4. The van der Waals surface area contributed by atoms with Gasteiger partial charge in [0.25, 0.3) is 0 Å². The molecule has 0 bridgehead atoms. The van der Waals surface area contributed by atoms with Crippen LogP contribution in [0, 0.1) is 0 Å². The zero-order chi connectivity index (χ0) is 13.1. The molecule has 0 amide bonds. The molecule has 0 unspecified atom stereocenters. The molecule has 1 fully saturated rings. The van der Waals surface area contributed by atoms with E-state index in [1.807, 2.05) is 7.05 Å². The second-order valence-corrected chi connectivity index (χ2v) is 5.74. The monoisotopic (exact) mass is 285 g/mol. The fourth-order valence-corrected chi connectivity index (χ4v) is 3.02. The van der Waals surface area contributed by atoms with Gasteiger partial charge < -0.3 is 0 Å². The van der Waals surface area contributed by atoms with Crippen molar-refractivity contribution in [2.24, 2.45) is 0 Å². The number of halogens is 2. The average molecular weight is 286 g/mol. The highest BCUT2D eigenvalue weighted by Crippen LogP contribution is 2.24. The first kappa shape index (κ1) is 13.9. The van der Waals surface area contributed by atoms with Gasteiger partial charge in [0.05, 0.1) is 11.6 Å². The van der Waals surface area contributed by atoms with E-state index in [0.29, 0.717) is 28.2 Å². The fourth-order valence-electron chi connectivity index (χ4n) is 2.50. The Kier molecular flexibility index (Phi) is 4.66. The number of carbonyl (C=O) groups is 1. The lowest BCUT2D eigenvalue weighted by Gasteiger charge is -2.23.